The minimum absolute atomic E-state index is 0.201. The molecule has 0 atom stereocenters. The van der Waals surface area contributed by atoms with Gasteiger partial charge in [-0.05, 0) is 6.42 Å². The van der Waals surface area contributed by atoms with Crippen LogP contribution in [0.2, 0.25) is 0 Å². The molecular weight excluding hydrogens is 184 g/mol. The first-order valence-corrected chi connectivity index (χ1v) is 4.31. The monoisotopic (exact) mass is 190 g/mol. The Morgan fingerprint density at radius 3 is 1.82 bits per heavy atom. The van der Waals surface area contributed by atoms with Crippen molar-refractivity contribution in [1.82, 2.24) is 0 Å². The Balaban J connectivity index is 0.000000218. The van der Waals surface area contributed by atoms with Gasteiger partial charge in [0.05, 0.1) is 12.4 Å². The van der Waals surface area contributed by atoms with Gasteiger partial charge < -0.3 is 0 Å². The van der Waals surface area contributed by atoms with E-state index >= 15 is 0 Å². The summed E-state index contributed by atoms with van der Waals surface area (Å²) in [5.41, 5.74) is 0. The van der Waals surface area contributed by atoms with E-state index in [1.54, 1.807) is 0 Å². The van der Waals surface area contributed by atoms with E-state index in [-0.39, 0.29) is 5.75 Å². The van der Waals surface area contributed by atoms with Crippen LogP contribution in [0, 0.1) is 0 Å². The van der Waals surface area contributed by atoms with Crippen LogP contribution in [0.5, 0.6) is 0 Å². The Kier molecular flexibility index (Phi) is 4.51. The summed E-state index contributed by atoms with van der Waals surface area (Å²) in [5, 5.41) is 0. The lowest BCUT2D eigenvalue weighted by atomic mass is 10.5. The van der Waals surface area contributed by atoms with Crippen molar-refractivity contribution >= 4 is 17.7 Å². The van der Waals surface area contributed by atoms with Crippen molar-refractivity contribution in [2.45, 2.75) is 6.42 Å². The average Bonchev–Trinajstić information content (AvgIpc) is 2.11. The third kappa shape index (κ3) is 7.66. The molecule has 0 saturated carbocycles. The Labute approximate surface area is 62.9 Å². The van der Waals surface area contributed by atoms with Crippen molar-refractivity contribution in [3.63, 3.8) is 0 Å². The lowest BCUT2D eigenvalue weighted by Crippen LogP contribution is -1.96. The van der Waals surface area contributed by atoms with Crippen LogP contribution in [-0.2, 0) is 14.3 Å². The van der Waals surface area contributed by atoms with E-state index in [1.165, 1.54) is 0 Å². The summed E-state index contributed by atoms with van der Waals surface area (Å²) >= 11 is 0. The second-order valence-electron chi connectivity index (χ2n) is 1.68. The Bertz CT molecular complexity index is 177. The maximum absolute atomic E-state index is 10.2. The molecule has 3 nitrogen and oxygen atoms in total. The maximum atomic E-state index is 10.2. The van der Waals surface area contributed by atoms with Gasteiger partial charge in [-0.1, -0.05) is 0 Å². The largest absolute Gasteiger partial charge is 0.762 e. The van der Waals surface area contributed by atoms with Crippen LogP contribution in [0.25, 0.3) is 0 Å². The molecule has 0 spiro atoms. The molecule has 1 saturated heterocycles. The molecule has 0 aromatic rings. The predicted octanol–water partition coefficient (Wildman–Crippen LogP) is 0.616. The fraction of sp³-hybridized carbons (Fsp3) is 1.00. The second-order valence-corrected chi connectivity index (χ2v) is 3.44. The van der Waals surface area contributed by atoms with E-state index in [1.807, 2.05) is 0 Å². The summed E-state index contributed by atoms with van der Waals surface area (Å²) < 4.78 is 53.7. The molecule has 0 aliphatic carbocycles. The van der Waals surface area contributed by atoms with Gasteiger partial charge in [0.2, 0.25) is 0 Å². The van der Waals surface area contributed by atoms with Gasteiger partial charge in [0.1, 0.15) is 0 Å². The van der Waals surface area contributed by atoms with Gasteiger partial charge in [0.15, 0.2) is 0 Å². The summed E-state index contributed by atoms with van der Waals surface area (Å²) in [5.74, 6) is 0.201. The number of rotatable bonds is 0. The third-order valence-electron chi connectivity index (χ3n) is 0.802. The molecule has 66 valence electrons. The first kappa shape index (κ1) is 10.8. The first-order chi connectivity index (χ1) is 4.94. The van der Waals surface area contributed by atoms with Crippen molar-refractivity contribution in [3.8, 4) is 0 Å². The Hall–Kier alpha value is -0.235. The Morgan fingerprint density at radius 1 is 1.27 bits per heavy atom. The molecule has 0 radical (unpaired) electrons. The van der Waals surface area contributed by atoms with E-state index in [0.717, 1.165) is 0 Å². The zero-order valence-electron chi connectivity index (χ0n) is 5.47. The van der Waals surface area contributed by atoms with Crippen LogP contribution in [0.3, 0.4) is 0 Å². The van der Waals surface area contributed by atoms with Crippen LogP contribution in [-0.4, -0.2) is 28.3 Å². The lowest BCUT2D eigenvalue weighted by molar-refractivity contribution is 0.354. The summed E-state index contributed by atoms with van der Waals surface area (Å²) in [6.45, 7) is 0.377. The normalized spacial score (nSPS) is 20.3. The van der Waals surface area contributed by atoms with Gasteiger partial charge in [-0.25, -0.2) is 0 Å². The molecule has 1 aliphatic heterocycles. The van der Waals surface area contributed by atoms with Gasteiger partial charge in [0, 0.05) is 0 Å². The van der Waals surface area contributed by atoms with Crippen molar-refractivity contribution in [2.75, 3.05) is 12.4 Å². The minimum atomic E-state index is -3.67. The highest BCUT2D eigenvalue weighted by Gasteiger charge is 2.16. The molecule has 0 unspecified atom stereocenters. The summed E-state index contributed by atoms with van der Waals surface area (Å²) in [4.78, 5) is 0. The standard InChI is InChI=1S/C3H6O3S.BF3/c4-7(5)3-1-2-6-7;2-1(3)4/h1-3H2;. The molecule has 0 aromatic carbocycles. The molecule has 11 heavy (non-hydrogen) atoms. The van der Waals surface area contributed by atoms with Crippen LogP contribution < -0.4 is 0 Å². The molecule has 0 bridgehead atoms. The molecular formula is C3H6BF3O3S. The van der Waals surface area contributed by atoms with Crippen molar-refractivity contribution < 1.29 is 25.5 Å². The highest BCUT2D eigenvalue weighted by atomic mass is 32.2. The van der Waals surface area contributed by atoms with Gasteiger partial charge in [-0.15, -0.1) is 0 Å². The fourth-order valence-electron chi connectivity index (χ4n) is 0.481. The average molecular weight is 190 g/mol. The maximum Gasteiger partial charge on any atom is 0.762 e. The van der Waals surface area contributed by atoms with Gasteiger partial charge in [-0.3, -0.25) is 17.1 Å². The smallest absolute Gasteiger partial charge is 0.270 e. The topological polar surface area (TPSA) is 43.4 Å². The number of halogens is 3. The van der Waals surface area contributed by atoms with Crippen molar-refractivity contribution in [1.29, 1.82) is 0 Å². The lowest BCUT2D eigenvalue weighted by Gasteiger charge is -1.83. The van der Waals surface area contributed by atoms with Gasteiger partial charge >= 0.3 is 7.54 Å². The molecule has 1 aliphatic rings. The molecule has 8 heteroatoms. The highest BCUT2D eigenvalue weighted by Crippen LogP contribution is 2.04. The van der Waals surface area contributed by atoms with E-state index in [2.05, 4.69) is 4.18 Å². The molecule has 1 fully saturated rings. The number of hydrogen-bond acceptors (Lipinski definition) is 3. The van der Waals surface area contributed by atoms with E-state index in [9.17, 15) is 21.4 Å². The zero-order valence-corrected chi connectivity index (χ0v) is 6.28. The van der Waals surface area contributed by atoms with E-state index in [0.29, 0.717) is 13.0 Å². The quantitative estimate of drug-likeness (QED) is 0.415. The summed E-state index contributed by atoms with van der Waals surface area (Å²) in [7, 11) is -6.71. The van der Waals surface area contributed by atoms with Crippen molar-refractivity contribution in [3.05, 3.63) is 0 Å². The van der Waals surface area contributed by atoms with Crippen LogP contribution >= 0.6 is 0 Å². The molecule has 0 aromatic heterocycles. The van der Waals surface area contributed by atoms with Crippen LogP contribution in [0.15, 0.2) is 0 Å². The van der Waals surface area contributed by atoms with Crippen molar-refractivity contribution in [2.24, 2.45) is 0 Å². The van der Waals surface area contributed by atoms with Gasteiger partial charge in [-0.2, -0.15) is 8.42 Å². The summed E-state index contributed by atoms with van der Waals surface area (Å²) in [6, 6.07) is 0. The van der Waals surface area contributed by atoms with Crippen LogP contribution in [0.1, 0.15) is 6.42 Å². The fourth-order valence-corrected chi connectivity index (χ4v) is 1.44. The SMILES string of the molecule is FB(F)F.O=S1(=O)CCCO1. The zero-order chi connectivity index (χ0) is 8.91. The molecule has 0 N–H and O–H groups in total. The predicted molar refractivity (Wildman–Crippen MR) is 33.4 cm³/mol. The molecule has 0 amide bonds. The molecule has 1 heterocycles. The van der Waals surface area contributed by atoms with Crippen LogP contribution in [0.4, 0.5) is 12.9 Å². The van der Waals surface area contributed by atoms with E-state index < -0.39 is 17.7 Å². The third-order valence-corrected chi connectivity index (χ3v) is 2.12. The number of hydrogen-bond donors (Lipinski definition) is 0. The highest BCUT2D eigenvalue weighted by molar-refractivity contribution is 7.86. The second kappa shape index (κ2) is 4.60. The Morgan fingerprint density at radius 2 is 1.73 bits per heavy atom. The minimum Gasteiger partial charge on any atom is -0.270 e. The summed E-state index contributed by atoms with van der Waals surface area (Å²) in [6.07, 6.45) is 0.655. The van der Waals surface area contributed by atoms with Gasteiger partial charge in [0.25, 0.3) is 10.1 Å². The first-order valence-electron chi connectivity index (χ1n) is 2.73. The van der Waals surface area contributed by atoms with E-state index in [4.69, 9.17) is 0 Å². The molecule has 1 rings (SSSR count).